The van der Waals surface area contributed by atoms with Crippen LogP contribution in [0.1, 0.15) is 31.1 Å². The number of Topliss-reactive ketones (excluding diaryl/α,β-unsaturated/α-hetero) is 1. The highest BCUT2D eigenvalue weighted by molar-refractivity contribution is 6.04. The molecule has 0 saturated carbocycles. The standard InChI is InChI=1S/C16H20FNO4/c1-15(2,3)22-14(20)18-9-16(17,10-18)13(19)11-6-5-7-12(8-11)21-4/h5-8H,9-10H2,1-4H3. The number of hydrogen-bond donors (Lipinski definition) is 0. The molecule has 1 fully saturated rings. The van der Waals surface area contributed by atoms with Crippen LogP contribution in [0.4, 0.5) is 9.18 Å². The van der Waals surface area contributed by atoms with Gasteiger partial charge in [0.1, 0.15) is 11.4 Å². The lowest BCUT2D eigenvalue weighted by molar-refractivity contribution is -0.0373. The number of methoxy groups -OCH3 is 1. The molecule has 1 amide bonds. The van der Waals surface area contributed by atoms with Crippen molar-refractivity contribution in [2.75, 3.05) is 20.2 Å². The van der Waals surface area contributed by atoms with Gasteiger partial charge in [0.25, 0.3) is 0 Å². The van der Waals surface area contributed by atoms with E-state index in [4.69, 9.17) is 9.47 Å². The molecule has 1 aromatic rings. The van der Waals surface area contributed by atoms with E-state index < -0.39 is 23.1 Å². The summed E-state index contributed by atoms with van der Waals surface area (Å²) < 4.78 is 24.8. The van der Waals surface area contributed by atoms with Gasteiger partial charge in [-0.1, -0.05) is 12.1 Å². The molecule has 0 unspecified atom stereocenters. The van der Waals surface area contributed by atoms with Crippen LogP contribution in [0.2, 0.25) is 0 Å². The van der Waals surface area contributed by atoms with Gasteiger partial charge in [0.15, 0.2) is 0 Å². The first-order chi connectivity index (χ1) is 10.1. The molecule has 1 saturated heterocycles. The highest BCUT2D eigenvalue weighted by atomic mass is 19.1. The van der Waals surface area contributed by atoms with Gasteiger partial charge in [0.05, 0.1) is 20.2 Å². The highest BCUT2D eigenvalue weighted by Gasteiger charge is 2.53. The number of hydrogen-bond acceptors (Lipinski definition) is 4. The van der Waals surface area contributed by atoms with Crippen LogP contribution in [-0.2, 0) is 4.74 Å². The average Bonchev–Trinajstić information content (AvgIpc) is 2.41. The van der Waals surface area contributed by atoms with Crippen molar-refractivity contribution >= 4 is 11.9 Å². The first kappa shape index (κ1) is 16.3. The molecule has 5 nitrogen and oxygen atoms in total. The number of rotatable bonds is 3. The molecule has 0 atom stereocenters. The summed E-state index contributed by atoms with van der Waals surface area (Å²) in [4.78, 5) is 25.2. The van der Waals surface area contributed by atoms with E-state index in [1.165, 1.54) is 24.1 Å². The Morgan fingerprint density at radius 3 is 2.45 bits per heavy atom. The van der Waals surface area contributed by atoms with Crippen LogP contribution in [0, 0.1) is 0 Å². The monoisotopic (exact) mass is 309 g/mol. The molecule has 0 spiro atoms. The Balaban J connectivity index is 2.02. The summed E-state index contributed by atoms with van der Waals surface area (Å²) in [6.45, 7) is 4.61. The zero-order valence-electron chi connectivity index (χ0n) is 13.2. The molecule has 6 heteroatoms. The first-order valence-corrected chi connectivity index (χ1v) is 7.00. The summed E-state index contributed by atoms with van der Waals surface area (Å²) in [5, 5.41) is 0. The van der Waals surface area contributed by atoms with Crippen LogP contribution >= 0.6 is 0 Å². The maximum atomic E-state index is 14.6. The molecule has 1 aromatic carbocycles. The summed E-state index contributed by atoms with van der Waals surface area (Å²) in [6.07, 6.45) is -0.612. The molecule has 1 aliphatic rings. The Morgan fingerprint density at radius 1 is 1.27 bits per heavy atom. The van der Waals surface area contributed by atoms with Gasteiger partial charge in [-0.2, -0.15) is 0 Å². The zero-order chi connectivity index (χ0) is 16.5. The zero-order valence-corrected chi connectivity index (χ0v) is 13.2. The number of carbonyl (C=O) groups excluding carboxylic acids is 2. The summed E-state index contributed by atoms with van der Waals surface area (Å²) in [5.74, 6) is -0.163. The molecule has 0 radical (unpaired) electrons. The van der Waals surface area contributed by atoms with E-state index in [0.717, 1.165) is 0 Å². The highest BCUT2D eigenvalue weighted by Crippen LogP contribution is 2.31. The summed E-state index contributed by atoms with van der Waals surface area (Å²) in [7, 11) is 1.47. The topological polar surface area (TPSA) is 55.8 Å². The normalized spacial score (nSPS) is 16.7. The largest absolute Gasteiger partial charge is 0.497 e. The number of benzene rings is 1. The number of ketones is 1. The van der Waals surface area contributed by atoms with Crippen LogP contribution in [0.15, 0.2) is 24.3 Å². The summed E-state index contributed by atoms with van der Waals surface area (Å²) >= 11 is 0. The molecular weight excluding hydrogens is 289 g/mol. The van der Waals surface area contributed by atoms with E-state index in [9.17, 15) is 14.0 Å². The Hall–Kier alpha value is -2.11. The minimum atomic E-state index is -2.07. The van der Waals surface area contributed by atoms with E-state index >= 15 is 0 Å². The molecule has 120 valence electrons. The van der Waals surface area contributed by atoms with Crippen molar-refractivity contribution in [2.24, 2.45) is 0 Å². The Labute approximate surface area is 129 Å². The molecular formula is C16H20FNO4. The summed E-state index contributed by atoms with van der Waals surface area (Å²) in [5.41, 5.74) is -2.49. The van der Waals surface area contributed by atoms with Gasteiger partial charge in [-0.15, -0.1) is 0 Å². The van der Waals surface area contributed by atoms with Crippen molar-refractivity contribution in [1.82, 2.24) is 4.90 Å². The lowest BCUT2D eigenvalue weighted by Gasteiger charge is -2.43. The van der Waals surface area contributed by atoms with Gasteiger partial charge >= 0.3 is 6.09 Å². The van der Waals surface area contributed by atoms with Gasteiger partial charge in [-0.05, 0) is 32.9 Å². The molecule has 22 heavy (non-hydrogen) atoms. The molecule has 0 aliphatic carbocycles. The van der Waals surface area contributed by atoms with Crippen LogP contribution in [-0.4, -0.2) is 48.2 Å². The number of carbonyl (C=O) groups is 2. The van der Waals surface area contributed by atoms with E-state index in [2.05, 4.69) is 0 Å². The Kier molecular flexibility index (Phi) is 4.13. The van der Waals surface area contributed by atoms with Gasteiger partial charge < -0.3 is 14.4 Å². The van der Waals surface area contributed by atoms with Crippen molar-refractivity contribution in [3.05, 3.63) is 29.8 Å². The number of nitrogens with zero attached hydrogens (tertiary/aromatic N) is 1. The van der Waals surface area contributed by atoms with Gasteiger partial charge in [0, 0.05) is 5.56 Å². The van der Waals surface area contributed by atoms with Crippen LogP contribution < -0.4 is 4.74 Å². The lowest BCUT2D eigenvalue weighted by atomic mass is 9.87. The third-order valence-electron chi connectivity index (χ3n) is 3.27. The number of alkyl halides is 1. The predicted octanol–water partition coefficient (Wildman–Crippen LogP) is 2.84. The minimum absolute atomic E-state index is 0.227. The second-order valence-corrected chi connectivity index (χ2v) is 6.36. The fourth-order valence-corrected chi connectivity index (χ4v) is 2.18. The Morgan fingerprint density at radius 2 is 1.91 bits per heavy atom. The Bertz CT molecular complexity index is 588. The fourth-order valence-electron chi connectivity index (χ4n) is 2.18. The van der Waals surface area contributed by atoms with E-state index in [1.54, 1.807) is 32.9 Å². The maximum Gasteiger partial charge on any atom is 0.410 e. The van der Waals surface area contributed by atoms with Crippen LogP contribution in [0.3, 0.4) is 0 Å². The van der Waals surface area contributed by atoms with Crippen molar-refractivity contribution in [3.8, 4) is 5.75 Å². The molecule has 0 aromatic heterocycles. The van der Waals surface area contributed by atoms with Gasteiger partial charge in [0.2, 0.25) is 11.5 Å². The third kappa shape index (κ3) is 3.37. The number of amides is 1. The smallest absolute Gasteiger partial charge is 0.410 e. The van der Waals surface area contributed by atoms with Crippen LogP contribution in [0.5, 0.6) is 5.75 Å². The van der Waals surface area contributed by atoms with Crippen molar-refractivity contribution in [3.63, 3.8) is 0 Å². The fraction of sp³-hybridized carbons (Fsp3) is 0.500. The van der Waals surface area contributed by atoms with E-state index in [-0.39, 0.29) is 18.7 Å². The van der Waals surface area contributed by atoms with Crippen LogP contribution in [0.25, 0.3) is 0 Å². The van der Waals surface area contributed by atoms with Crippen molar-refractivity contribution in [1.29, 1.82) is 0 Å². The second-order valence-electron chi connectivity index (χ2n) is 6.36. The number of halogens is 1. The SMILES string of the molecule is COc1cccc(C(=O)C2(F)CN(C(=O)OC(C)(C)C)C2)c1. The van der Waals surface area contributed by atoms with Crippen molar-refractivity contribution < 1.29 is 23.5 Å². The molecule has 0 bridgehead atoms. The molecule has 1 heterocycles. The molecule has 1 aliphatic heterocycles. The van der Waals surface area contributed by atoms with E-state index in [0.29, 0.717) is 5.75 Å². The lowest BCUT2D eigenvalue weighted by Crippen LogP contribution is -2.65. The second kappa shape index (κ2) is 5.59. The van der Waals surface area contributed by atoms with E-state index in [1.807, 2.05) is 0 Å². The number of likely N-dealkylation sites (tertiary alicyclic amines) is 1. The molecule has 2 rings (SSSR count). The predicted molar refractivity (Wildman–Crippen MR) is 79.0 cm³/mol. The third-order valence-corrected chi connectivity index (χ3v) is 3.27. The average molecular weight is 309 g/mol. The maximum absolute atomic E-state index is 14.6. The minimum Gasteiger partial charge on any atom is -0.497 e. The summed E-state index contributed by atoms with van der Waals surface area (Å²) in [6, 6.07) is 6.32. The first-order valence-electron chi connectivity index (χ1n) is 7.00. The van der Waals surface area contributed by atoms with Gasteiger partial charge in [-0.3, -0.25) is 4.79 Å². The quantitative estimate of drug-likeness (QED) is 0.806. The van der Waals surface area contributed by atoms with Crippen molar-refractivity contribution in [2.45, 2.75) is 32.0 Å². The van der Waals surface area contributed by atoms with Gasteiger partial charge in [-0.25, -0.2) is 9.18 Å². The number of ether oxygens (including phenoxy) is 2. The molecule has 0 N–H and O–H groups in total.